The zero-order valence-corrected chi connectivity index (χ0v) is 16.2. The molecule has 0 unspecified atom stereocenters. The third-order valence-corrected chi connectivity index (χ3v) is 4.97. The van der Waals surface area contributed by atoms with Gasteiger partial charge in [0.25, 0.3) is 0 Å². The Morgan fingerprint density at radius 2 is 1.97 bits per heavy atom. The summed E-state index contributed by atoms with van der Waals surface area (Å²) >= 11 is 0. The van der Waals surface area contributed by atoms with Crippen molar-refractivity contribution in [1.29, 1.82) is 0 Å². The first-order valence-corrected chi connectivity index (χ1v) is 9.35. The van der Waals surface area contributed by atoms with E-state index >= 15 is 0 Å². The second-order valence-corrected chi connectivity index (χ2v) is 6.85. The Kier molecular flexibility index (Phi) is 5.22. The fourth-order valence-electron chi connectivity index (χ4n) is 3.39. The van der Waals surface area contributed by atoms with E-state index in [4.69, 9.17) is 0 Å². The minimum Gasteiger partial charge on any atom is -0.305 e. The summed E-state index contributed by atoms with van der Waals surface area (Å²) in [5, 5.41) is 7.79. The van der Waals surface area contributed by atoms with Crippen LogP contribution in [0.25, 0.3) is 11.5 Å². The van der Waals surface area contributed by atoms with Crippen molar-refractivity contribution >= 4 is 0 Å². The van der Waals surface area contributed by atoms with Crippen LogP contribution in [0.1, 0.15) is 29.9 Å². The lowest BCUT2D eigenvalue weighted by molar-refractivity contribution is 0.558. The summed E-state index contributed by atoms with van der Waals surface area (Å²) in [7, 11) is 0. The Balaban J connectivity index is 1.51. The Morgan fingerprint density at radius 3 is 2.72 bits per heavy atom. The average molecular weight is 393 g/mol. The largest absolute Gasteiger partial charge is 0.305 e. The molecule has 1 aromatic carbocycles. The first-order valence-electron chi connectivity index (χ1n) is 9.35. The molecular weight excluding hydrogens is 372 g/mol. The highest BCUT2D eigenvalue weighted by molar-refractivity contribution is 5.37. The summed E-state index contributed by atoms with van der Waals surface area (Å²) < 4.78 is 30.9. The molecule has 148 valence electrons. The zero-order valence-electron chi connectivity index (χ0n) is 16.2. The van der Waals surface area contributed by atoms with Crippen molar-refractivity contribution in [2.45, 2.75) is 26.4 Å². The average Bonchev–Trinajstić information content (AvgIpc) is 3.34. The molecule has 3 aromatic heterocycles. The maximum atomic E-state index is 14.1. The molecular formula is C22H21F2N5. The van der Waals surface area contributed by atoms with Crippen LogP contribution in [0.4, 0.5) is 8.78 Å². The smallest absolute Gasteiger partial charge is 0.151 e. The SMILES string of the molecule is Cc1c([C@H](C)NCc2cccn2-c2ccccn2)cnn1-c1ccc(F)cc1F. The van der Waals surface area contributed by atoms with E-state index < -0.39 is 11.6 Å². The normalized spacial score (nSPS) is 12.3. The topological polar surface area (TPSA) is 47.7 Å². The van der Waals surface area contributed by atoms with Crippen molar-refractivity contribution < 1.29 is 8.78 Å². The summed E-state index contributed by atoms with van der Waals surface area (Å²) in [4.78, 5) is 4.39. The summed E-state index contributed by atoms with van der Waals surface area (Å²) in [5.74, 6) is -0.392. The standard InChI is InChI=1S/C22H21F2N5/c1-15(26-13-18-6-5-11-28(18)22-7-3-4-10-25-22)19-14-27-29(16(19)2)21-9-8-17(23)12-20(21)24/h3-12,14-15,26H,13H2,1-2H3/t15-/m0/s1. The molecule has 0 radical (unpaired) electrons. The molecule has 0 aliphatic carbocycles. The molecule has 0 aliphatic heterocycles. The number of benzene rings is 1. The van der Waals surface area contributed by atoms with Crippen molar-refractivity contribution in [2.24, 2.45) is 0 Å². The Morgan fingerprint density at radius 1 is 1.10 bits per heavy atom. The monoisotopic (exact) mass is 393 g/mol. The van der Waals surface area contributed by atoms with Crippen LogP contribution in [0.3, 0.4) is 0 Å². The highest BCUT2D eigenvalue weighted by Gasteiger charge is 2.17. The van der Waals surface area contributed by atoms with Gasteiger partial charge in [-0.15, -0.1) is 0 Å². The van der Waals surface area contributed by atoms with Gasteiger partial charge in [-0.3, -0.25) is 0 Å². The van der Waals surface area contributed by atoms with Gasteiger partial charge in [0.15, 0.2) is 5.82 Å². The number of pyridine rings is 1. The van der Waals surface area contributed by atoms with Crippen molar-refractivity contribution in [1.82, 2.24) is 24.6 Å². The second kappa shape index (κ2) is 7.97. The molecule has 0 saturated carbocycles. The minimum absolute atomic E-state index is 0.0145. The number of halogens is 2. The number of aromatic nitrogens is 4. The number of nitrogens with one attached hydrogen (secondary N) is 1. The van der Waals surface area contributed by atoms with Gasteiger partial charge in [0, 0.05) is 48.0 Å². The van der Waals surface area contributed by atoms with Crippen LogP contribution in [-0.2, 0) is 6.54 Å². The predicted molar refractivity (Wildman–Crippen MR) is 107 cm³/mol. The van der Waals surface area contributed by atoms with Crippen molar-refractivity contribution in [3.63, 3.8) is 0 Å². The Bertz CT molecular complexity index is 1120. The molecule has 0 spiro atoms. The highest BCUT2D eigenvalue weighted by atomic mass is 19.1. The van der Waals surface area contributed by atoms with Gasteiger partial charge in [-0.05, 0) is 50.2 Å². The summed E-state index contributed by atoms with van der Waals surface area (Å²) in [6, 6.07) is 13.3. The van der Waals surface area contributed by atoms with Crippen LogP contribution in [-0.4, -0.2) is 19.3 Å². The van der Waals surface area contributed by atoms with Gasteiger partial charge < -0.3 is 9.88 Å². The summed E-state index contributed by atoms with van der Waals surface area (Å²) in [5.41, 5.74) is 3.05. The van der Waals surface area contributed by atoms with Crippen LogP contribution in [0, 0.1) is 18.6 Å². The van der Waals surface area contributed by atoms with Gasteiger partial charge in [-0.2, -0.15) is 5.10 Å². The third kappa shape index (κ3) is 3.82. The van der Waals surface area contributed by atoms with E-state index in [9.17, 15) is 8.78 Å². The Hall–Kier alpha value is -3.32. The predicted octanol–water partition coefficient (Wildman–Crippen LogP) is 4.50. The lowest BCUT2D eigenvalue weighted by Crippen LogP contribution is -2.20. The Labute approximate surface area is 167 Å². The molecule has 3 heterocycles. The van der Waals surface area contributed by atoms with Gasteiger partial charge in [0.1, 0.15) is 17.3 Å². The van der Waals surface area contributed by atoms with Gasteiger partial charge in [-0.25, -0.2) is 18.4 Å². The first-order chi connectivity index (χ1) is 14.0. The molecule has 29 heavy (non-hydrogen) atoms. The molecule has 0 aliphatic rings. The maximum absolute atomic E-state index is 14.1. The fraction of sp³-hybridized carbons (Fsp3) is 0.182. The second-order valence-electron chi connectivity index (χ2n) is 6.85. The molecule has 0 amide bonds. The quantitative estimate of drug-likeness (QED) is 0.525. The third-order valence-electron chi connectivity index (χ3n) is 4.97. The van der Waals surface area contributed by atoms with E-state index in [1.54, 1.807) is 12.4 Å². The minimum atomic E-state index is -0.642. The molecule has 1 N–H and O–H groups in total. The zero-order chi connectivity index (χ0) is 20.4. The van der Waals surface area contributed by atoms with Gasteiger partial charge in [0.05, 0.1) is 6.20 Å². The van der Waals surface area contributed by atoms with Gasteiger partial charge >= 0.3 is 0 Å². The number of nitrogens with zero attached hydrogens (tertiary/aromatic N) is 4. The van der Waals surface area contributed by atoms with E-state index in [-0.39, 0.29) is 11.7 Å². The van der Waals surface area contributed by atoms with Crippen LogP contribution in [0.15, 0.2) is 67.1 Å². The first kappa shape index (κ1) is 19.0. The van der Waals surface area contributed by atoms with Crippen LogP contribution in [0.5, 0.6) is 0 Å². The lowest BCUT2D eigenvalue weighted by atomic mass is 10.1. The van der Waals surface area contributed by atoms with E-state index in [1.807, 2.05) is 54.9 Å². The fourth-order valence-corrected chi connectivity index (χ4v) is 3.39. The van der Waals surface area contributed by atoms with Crippen LogP contribution in [0.2, 0.25) is 0 Å². The van der Waals surface area contributed by atoms with Gasteiger partial charge in [-0.1, -0.05) is 6.07 Å². The van der Waals surface area contributed by atoms with Crippen molar-refractivity contribution in [3.8, 4) is 11.5 Å². The molecule has 5 nitrogen and oxygen atoms in total. The molecule has 0 bridgehead atoms. The van der Waals surface area contributed by atoms with Crippen molar-refractivity contribution in [3.05, 3.63) is 95.7 Å². The van der Waals surface area contributed by atoms with E-state index in [0.717, 1.165) is 28.8 Å². The van der Waals surface area contributed by atoms with E-state index in [1.165, 1.54) is 16.8 Å². The highest BCUT2D eigenvalue weighted by Crippen LogP contribution is 2.23. The van der Waals surface area contributed by atoms with Gasteiger partial charge in [0.2, 0.25) is 0 Å². The summed E-state index contributed by atoms with van der Waals surface area (Å²) in [6.07, 6.45) is 5.46. The number of hydrogen-bond donors (Lipinski definition) is 1. The molecule has 0 fully saturated rings. The van der Waals surface area contributed by atoms with Crippen LogP contribution < -0.4 is 5.32 Å². The maximum Gasteiger partial charge on any atom is 0.151 e. The molecule has 1 atom stereocenters. The molecule has 4 aromatic rings. The number of hydrogen-bond acceptors (Lipinski definition) is 3. The van der Waals surface area contributed by atoms with E-state index in [0.29, 0.717) is 6.54 Å². The van der Waals surface area contributed by atoms with Crippen molar-refractivity contribution in [2.75, 3.05) is 0 Å². The molecule has 0 saturated heterocycles. The van der Waals surface area contributed by atoms with E-state index in [2.05, 4.69) is 15.4 Å². The molecule has 4 rings (SSSR count). The molecule has 7 heteroatoms. The number of rotatable bonds is 6. The summed E-state index contributed by atoms with van der Waals surface area (Å²) in [6.45, 7) is 4.53. The van der Waals surface area contributed by atoms with Crippen LogP contribution >= 0.6 is 0 Å². The lowest BCUT2D eigenvalue weighted by Gasteiger charge is -2.15.